The highest BCUT2D eigenvalue weighted by molar-refractivity contribution is 6.46. The summed E-state index contributed by atoms with van der Waals surface area (Å²) in [6.07, 6.45) is 0. The number of rotatable bonds is 8. The van der Waals surface area contributed by atoms with Crippen molar-refractivity contribution in [1.82, 2.24) is 4.90 Å². The molecule has 1 heterocycles. The Morgan fingerprint density at radius 3 is 2.39 bits per heavy atom. The van der Waals surface area contributed by atoms with Crippen LogP contribution in [0, 0.1) is 6.92 Å². The molecule has 0 spiro atoms. The maximum atomic E-state index is 13.0. The molecule has 0 aromatic heterocycles. The number of ether oxygens (including phenoxy) is 3. The summed E-state index contributed by atoms with van der Waals surface area (Å²) >= 11 is 0. The maximum Gasteiger partial charge on any atom is 0.295 e. The lowest BCUT2D eigenvalue weighted by atomic mass is 9.94. The molecular weight excluding hydrogens is 398 g/mol. The summed E-state index contributed by atoms with van der Waals surface area (Å²) in [6.45, 7) is 4.75. The topological polar surface area (TPSA) is 85.3 Å². The van der Waals surface area contributed by atoms with Gasteiger partial charge in [-0.1, -0.05) is 12.1 Å². The average molecular weight is 425 g/mol. The molecule has 0 bridgehead atoms. The molecule has 7 heteroatoms. The van der Waals surface area contributed by atoms with Crippen LogP contribution in [0.15, 0.2) is 48.0 Å². The molecule has 1 saturated heterocycles. The van der Waals surface area contributed by atoms with E-state index in [1.807, 2.05) is 13.8 Å². The first-order valence-corrected chi connectivity index (χ1v) is 10.1. The Labute approximate surface area is 181 Å². The average Bonchev–Trinajstić information content (AvgIpc) is 3.02. The number of likely N-dealkylation sites (tertiary alicyclic amines) is 1. The molecule has 1 N–H and O–H groups in total. The summed E-state index contributed by atoms with van der Waals surface area (Å²) in [5.41, 5.74) is 2.00. The number of aryl methyl sites for hydroxylation is 1. The van der Waals surface area contributed by atoms with E-state index in [0.717, 1.165) is 5.56 Å². The van der Waals surface area contributed by atoms with E-state index in [4.69, 9.17) is 14.2 Å². The third kappa shape index (κ3) is 4.41. The van der Waals surface area contributed by atoms with Crippen molar-refractivity contribution in [1.29, 1.82) is 0 Å². The highest BCUT2D eigenvalue weighted by atomic mass is 16.5. The molecular formula is C24H27NO6. The van der Waals surface area contributed by atoms with Crippen LogP contribution in [0.3, 0.4) is 0 Å². The number of benzene rings is 2. The Morgan fingerprint density at radius 2 is 1.81 bits per heavy atom. The number of carbonyl (C=O) groups is 2. The predicted molar refractivity (Wildman–Crippen MR) is 116 cm³/mol. The first-order chi connectivity index (χ1) is 14.9. The van der Waals surface area contributed by atoms with Gasteiger partial charge in [0.25, 0.3) is 11.7 Å². The van der Waals surface area contributed by atoms with Crippen LogP contribution in [0.5, 0.6) is 11.5 Å². The summed E-state index contributed by atoms with van der Waals surface area (Å²) in [6, 6.07) is 11.6. The number of nitrogens with zero attached hydrogens (tertiary/aromatic N) is 1. The third-order valence-corrected chi connectivity index (χ3v) is 5.25. The molecule has 31 heavy (non-hydrogen) atoms. The van der Waals surface area contributed by atoms with Crippen LogP contribution in [0.25, 0.3) is 5.76 Å². The lowest BCUT2D eigenvalue weighted by molar-refractivity contribution is -0.140. The number of aliphatic hydroxyl groups excluding tert-OH is 1. The zero-order chi connectivity index (χ0) is 22.5. The van der Waals surface area contributed by atoms with Crippen molar-refractivity contribution in [3.63, 3.8) is 0 Å². The van der Waals surface area contributed by atoms with Gasteiger partial charge in [0, 0.05) is 19.2 Å². The molecule has 1 amide bonds. The number of hydrogen-bond acceptors (Lipinski definition) is 6. The predicted octanol–water partition coefficient (Wildman–Crippen LogP) is 3.47. The number of methoxy groups -OCH3 is 2. The second-order valence-electron chi connectivity index (χ2n) is 7.17. The molecule has 1 aliphatic rings. The Bertz CT molecular complexity index is 996. The highest BCUT2D eigenvalue weighted by Crippen LogP contribution is 2.40. The number of amides is 1. The van der Waals surface area contributed by atoms with Gasteiger partial charge in [0.2, 0.25) is 0 Å². The van der Waals surface area contributed by atoms with Crippen molar-refractivity contribution in [2.45, 2.75) is 19.9 Å². The number of ketones is 1. The molecule has 0 unspecified atom stereocenters. The highest BCUT2D eigenvalue weighted by Gasteiger charge is 2.45. The van der Waals surface area contributed by atoms with Crippen molar-refractivity contribution >= 4 is 17.4 Å². The quantitative estimate of drug-likeness (QED) is 0.396. The van der Waals surface area contributed by atoms with Gasteiger partial charge in [-0.2, -0.15) is 0 Å². The Balaban J connectivity index is 2.12. The monoisotopic (exact) mass is 425 g/mol. The fourth-order valence-corrected chi connectivity index (χ4v) is 3.74. The summed E-state index contributed by atoms with van der Waals surface area (Å²) in [4.78, 5) is 27.2. The van der Waals surface area contributed by atoms with Gasteiger partial charge >= 0.3 is 0 Å². The van der Waals surface area contributed by atoms with Crippen molar-refractivity contribution in [2.75, 3.05) is 34.0 Å². The minimum absolute atomic E-state index is 0.0508. The van der Waals surface area contributed by atoms with Gasteiger partial charge in [0.05, 0.1) is 31.9 Å². The molecule has 0 aliphatic carbocycles. The Morgan fingerprint density at radius 1 is 1.10 bits per heavy atom. The molecule has 2 aromatic carbocycles. The SMILES string of the molecule is CCOc1ccc([C@H]2C(=C(O)c3ccc(OC)c(C)c3)C(=O)C(=O)N2CCOC)cc1. The number of carbonyl (C=O) groups excluding carboxylic acids is 2. The summed E-state index contributed by atoms with van der Waals surface area (Å²) in [7, 11) is 3.09. The third-order valence-electron chi connectivity index (χ3n) is 5.25. The lowest BCUT2D eigenvalue weighted by Crippen LogP contribution is -2.32. The molecule has 0 saturated carbocycles. The van der Waals surface area contributed by atoms with Crippen molar-refractivity contribution in [3.05, 3.63) is 64.7 Å². The van der Waals surface area contributed by atoms with Crippen LogP contribution in [0.4, 0.5) is 0 Å². The van der Waals surface area contributed by atoms with Crippen LogP contribution >= 0.6 is 0 Å². The summed E-state index contributed by atoms with van der Waals surface area (Å²) < 4.78 is 15.9. The van der Waals surface area contributed by atoms with Crippen LogP contribution in [0.2, 0.25) is 0 Å². The van der Waals surface area contributed by atoms with Gasteiger partial charge in [-0.15, -0.1) is 0 Å². The van der Waals surface area contributed by atoms with E-state index < -0.39 is 17.7 Å². The minimum Gasteiger partial charge on any atom is -0.507 e. The van der Waals surface area contributed by atoms with Gasteiger partial charge in [-0.3, -0.25) is 9.59 Å². The lowest BCUT2D eigenvalue weighted by Gasteiger charge is -2.25. The maximum absolute atomic E-state index is 13.0. The van der Waals surface area contributed by atoms with Crippen molar-refractivity contribution in [3.8, 4) is 11.5 Å². The van der Waals surface area contributed by atoms with Gasteiger partial charge in [-0.05, 0) is 55.3 Å². The van der Waals surface area contributed by atoms with Crippen LogP contribution in [-0.4, -0.2) is 55.7 Å². The van der Waals surface area contributed by atoms with Gasteiger partial charge < -0.3 is 24.2 Å². The summed E-state index contributed by atoms with van der Waals surface area (Å²) in [5, 5.41) is 11.1. The van der Waals surface area contributed by atoms with Gasteiger partial charge in [0.1, 0.15) is 17.3 Å². The Kier molecular flexibility index (Phi) is 6.97. The zero-order valence-corrected chi connectivity index (χ0v) is 18.2. The van der Waals surface area contributed by atoms with E-state index in [1.165, 1.54) is 12.0 Å². The standard InChI is InChI=1S/C24H27NO6/c1-5-31-18-9-6-16(7-10-18)21-20(23(27)24(28)25(21)12-13-29-3)22(26)17-8-11-19(30-4)15(2)14-17/h6-11,14,21,26H,5,12-13H2,1-4H3/t21-/m0/s1. The van der Waals surface area contributed by atoms with Gasteiger partial charge in [-0.25, -0.2) is 0 Å². The molecule has 0 radical (unpaired) electrons. The van der Waals surface area contributed by atoms with E-state index in [-0.39, 0.29) is 24.5 Å². The molecule has 1 fully saturated rings. The second kappa shape index (κ2) is 9.66. The largest absolute Gasteiger partial charge is 0.507 e. The molecule has 3 rings (SSSR count). The van der Waals surface area contributed by atoms with Crippen LogP contribution in [0.1, 0.15) is 29.7 Å². The number of hydrogen-bond donors (Lipinski definition) is 1. The fraction of sp³-hybridized carbons (Fsp3) is 0.333. The van der Waals surface area contributed by atoms with Crippen molar-refractivity contribution < 1.29 is 28.9 Å². The zero-order valence-electron chi connectivity index (χ0n) is 18.2. The van der Waals surface area contributed by atoms with E-state index in [0.29, 0.717) is 29.2 Å². The molecule has 164 valence electrons. The van der Waals surface area contributed by atoms with Crippen LogP contribution in [-0.2, 0) is 14.3 Å². The van der Waals surface area contributed by atoms with E-state index in [1.54, 1.807) is 49.6 Å². The minimum atomic E-state index is -0.728. The van der Waals surface area contributed by atoms with Gasteiger partial charge in [0.15, 0.2) is 0 Å². The number of aliphatic hydroxyl groups is 1. The Hall–Kier alpha value is -3.32. The second-order valence-corrected chi connectivity index (χ2v) is 7.17. The van der Waals surface area contributed by atoms with E-state index >= 15 is 0 Å². The molecule has 7 nitrogen and oxygen atoms in total. The molecule has 1 aliphatic heterocycles. The first kappa shape index (κ1) is 22.4. The first-order valence-electron chi connectivity index (χ1n) is 10.1. The number of Topliss-reactive ketones (excluding diaryl/α,β-unsaturated/α-hetero) is 1. The molecule has 2 aromatic rings. The van der Waals surface area contributed by atoms with Crippen molar-refractivity contribution in [2.24, 2.45) is 0 Å². The molecule has 1 atom stereocenters. The smallest absolute Gasteiger partial charge is 0.295 e. The van der Waals surface area contributed by atoms with E-state index in [2.05, 4.69) is 0 Å². The summed E-state index contributed by atoms with van der Waals surface area (Å²) in [5.74, 6) is -0.252. The van der Waals surface area contributed by atoms with Crippen LogP contribution < -0.4 is 9.47 Å². The fourth-order valence-electron chi connectivity index (χ4n) is 3.74. The van der Waals surface area contributed by atoms with E-state index in [9.17, 15) is 14.7 Å². The normalized spacial score (nSPS) is 17.8.